The summed E-state index contributed by atoms with van der Waals surface area (Å²) in [6.45, 7) is 0. The van der Waals surface area contributed by atoms with Crippen LogP contribution in [0.15, 0.2) is 12.1 Å². The lowest BCUT2D eigenvalue weighted by atomic mass is 10.0. The van der Waals surface area contributed by atoms with Crippen molar-refractivity contribution >= 4 is 75.9 Å². The van der Waals surface area contributed by atoms with Crippen LogP contribution in [0.3, 0.4) is 0 Å². The number of aromatic nitrogens is 1. The quantitative estimate of drug-likeness (QED) is 0.254. The van der Waals surface area contributed by atoms with Crippen LogP contribution in [-0.4, -0.2) is 11.3 Å². The third-order valence-corrected chi connectivity index (χ3v) is 4.97. The lowest BCUT2D eigenvalue weighted by Gasteiger charge is -2.13. The van der Waals surface area contributed by atoms with Gasteiger partial charge in [-0.3, -0.25) is 4.79 Å². The van der Waals surface area contributed by atoms with E-state index in [0.29, 0.717) is 11.8 Å². The van der Waals surface area contributed by atoms with E-state index in [1.807, 2.05) is 0 Å². The van der Waals surface area contributed by atoms with E-state index >= 15 is 0 Å². The molecule has 0 saturated carbocycles. The molecule has 2 nitrogen and oxygen atoms in total. The highest BCUT2D eigenvalue weighted by Gasteiger charge is 2.22. The molecule has 0 bridgehead atoms. The smallest absolute Gasteiger partial charge is 0.169 e. The number of rotatable bonds is 2. The fraction of sp³-hybridized carbons (Fsp3) is 0. The van der Waals surface area contributed by atoms with Gasteiger partial charge in [-0.15, -0.1) is 0 Å². The van der Waals surface area contributed by atoms with Crippen molar-refractivity contribution < 1.29 is 4.79 Å². The number of benzene rings is 1. The van der Waals surface area contributed by atoms with Crippen LogP contribution in [0, 0.1) is 0 Å². The molecule has 8 heteroatoms. The number of halogens is 6. The van der Waals surface area contributed by atoms with Gasteiger partial charge in [0.05, 0.1) is 25.1 Å². The van der Waals surface area contributed by atoms with Gasteiger partial charge < -0.3 is 0 Å². The highest BCUT2D eigenvalue weighted by atomic mass is 35.5. The maximum absolute atomic E-state index is 11.1. The first-order valence-corrected chi connectivity index (χ1v) is 7.28. The zero-order valence-electron chi connectivity index (χ0n) is 9.36. The lowest BCUT2D eigenvalue weighted by Crippen LogP contribution is -1.95. The van der Waals surface area contributed by atoms with Crippen LogP contribution < -0.4 is 0 Å². The summed E-state index contributed by atoms with van der Waals surface area (Å²) < 4.78 is 0. The summed E-state index contributed by atoms with van der Waals surface area (Å²) in [6, 6.07) is 3.04. The minimum absolute atomic E-state index is 0.0432. The summed E-state index contributed by atoms with van der Waals surface area (Å²) >= 11 is 35.9. The summed E-state index contributed by atoms with van der Waals surface area (Å²) in [4.78, 5) is 15.0. The SMILES string of the molecule is O=Cc1nc(Cl)ccc1-c1c(Cl)c(Cl)c(Cl)c(Cl)c1Cl. The molecule has 0 spiro atoms. The Bertz CT molecular complexity index is 687. The third kappa shape index (κ3) is 2.74. The van der Waals surface area contributed by atoms with Crippen LogP contribution in [0.5, 0.6) is 0 Å². The molecule has 2 aromatic rings. The van der Waals surface area contributed by atoms with E-state index in [2.05, 4.69) is 4.98 Å². The largest absolute Gasteiger partial charge is 0.296 e. The Morgan fingerprint density at radius 1 is 0.800 bits per heavy atom. The maximum atomic E-state index is 11.1. The molecular weight excluding hydrogens is 387 g/mol. The zero-order chi connectivity index (χ0) is 15.0. The number of carbonyl (C=O) groups excluding carboxylic acids is 1. The van der Waals surface area contributed by atoms with Gasteiger partial charge in [-0.25, -0.2) is 4.98 Å². The van der Waals surface area contributed by atoms with Gasteiger partial charge in [0.1, 0.15) is 10.8 Å². The summed E-state index contributed by atoms with van der Waals surface area (Å²) in [7, 11) is 0. The number of hydrogen-bond acceptors (Lipinski definition) is 2. The Morgan fingerprint density at radius 2 is 1.30 bits per heavy atom. The molecule has 1 aromatic carbocycles. The molecule has 104 valence electrons. The van der Waals surface area contributed by atoms with Crippen molar-refractivity contribution in [2.75, 3.05) is 0 Å². The first kappa shape index (κ1) is 16.2. The van der Waals surface area contributed by atoms with Crippen molar-refractivity contribution in [1.82, 2.24) is 4.98 Å². The molecule has 0 saturated heterocycles. The summed E-state index contributed by atoms with van der Waals surface area (Å²) in [6.07, 6.45) is 0.532. The van der Waals surface area contributed by atoms with E-state index in [9.17, 15) is 4.79 Å². The van der Waals surface area contributed by atoms with E-state index in [0.717, 1.165) is 0 Å². The van der Waals surface area contributed by atoms with Crippen LogP contribution >= 0.6 is 69.6 Å². The molecule has 0 fully saturated rings. The number of aldehydes is 1. The van der Waals surface area contributed by atoms with Gasteiger partial charge >= 0.3 is 0 Å². The van der Waals surface area contributed by atoms with E-state index < -0.39 is 0 Å². The highest BCUT2D eigenvalue weighted by molar-refractivity contribution is 6.56. The standard InChI is InChI=1S/C12H3Cl6NO/c13-6-2-1-4(5(3-20)19-6)7-8(14)10(16)12(18)11(17)9(7)15/h1-3H. The van der Waals surface area contributed by atoms with Gasteiger partial charge in [0, 0.05) is 11.1 Å². The second-order valence-corrected chi connectivity index (χ2v) is 5.91. The number of carbonyl (C=O) groups is 1. The predicted molar refractivity (Wildman–Crippen MR) is 85.1 cm³/mol. The second-order valence-electron chi connectivity index (χ2n) is 3.63. The monoisotopic (exact) mass is 387 g/mol. The van der Waals surface area contributed by atoms with Gasteiger partial charge in [0.15, 0.2) is 6.29 Å². The van der Waals surface area contributed by atoms with Crippen LogP contribution in [0.2, 0.25) is 30.3 Å². The van der Waals surface area contributed by atoms with Crippen LogP contribution in [0.25, 0.3) is 11.1 Å². The zero-order valence-corrected chi connectivity index (χ0v) is 13.9. The molecule has 20 heavy (non-hydrogen) atoms. The van der Waals surface area contributed by atoms with Gasteiger partial charge in [-0.1, -0.05) is 69.6 Å². The molecule has 0 aliphatic rings. The highest BCUT2D eigenvalue weighted by Crippen LogP contribution is 2.48. The van der Waals surface area contributed by atoms with Crippen molar-refractivity contribution in [3.8, 4) is 11.1 Å². The summed E-state index contributed by atoms with van der Waals surface area (Å²) in [5.74, 6) is 0. The third-order valence-electron chi connectivity index (χ3n) is 2.48. The van der Waals surface area contributed by atoms with E-state index in [1.54, 1.807) is 6.07 Å². The van der Waals surface area contributed by atoms with E-state index in [1.165, 1.54) is 6.07 Å². The first-order valence-electron chi connectivity index (χ1n) is 5.02. The molecule has 0 N–H and O–H groups in total. The topological polar surface area (TPSA) is 30.0 Å². The molecule has 1 aromatic heterocycles. The van der Waals surface area contributed by atoms with Crippen molar-refractivity contribution in [2.45, 2.75) is 0 Å². The normalized spacial score (nSPS) is 10.7. The van der Waals surface area contributed by atoms with Gasteiger partial charge in [0.2, 0.25) is 0 Å². The van der Waals surface area contributed by atoms with Crippen molar-refractivity contribution in [1.29, 1.82) is 0 Å². The van der Waals surface area contributed by atoms with Crippen LogP contribution in [-0.2, 0) is 0 Å². The second kappa shape index (κ2) is 6.27. The Labute approximate surface area is 144 Å². The molecule has 0 atom stereocenters. The predicted octanol–water partition coefficient (Wildman–Crippen LogP) is 6.48. The minimum Gasteiger partial charge on any atom is -0.296 e. The Hall–Kier alpha value is -0.220. The van der Waals surface area contributed by atoms with Crippen molar-refractivity contribution in [3.05, 3.63) is 48.1 Å². The first-order chi connectivity index (χ1) is 9.38. The molecule has 2 rings (SSSR count). The average Bonchev–Trinajstić information content (AvgIpc) is 2.44. The Kier molecular flexibility index (Phi) is 5.06. The van der Waals surface area contributed by atoms with Crippen molar-refractivity contribution in [2.24, 2.45) is 0 Å². The van der Waals surface area contributed by atoms with Crippen LogP contribution in [0.1, 0.15) is 10.5 Å². The number of hydrogen-bond donors (Lipinski definition) is 0. The van der Waals surface area contributed by atoms with Crippen LogP contribution in [0.4, 0.5) is 0 Å². The lowest BCUT2D eigenvalue weighted by molar-refractivity contribution is 0.111. The number of pyridine rings is 1. The Morgan fingerprint density at radius 3 is 1.80 bits per heavy atom. The molecule has 0 radical (unpaired) electrons. The molecule has 0 amide bonds. The van der Waals surface area contributed by atoms with E-state index in [-0.39, 0.29) is 41.5 Å². The van der Waals surface area contributed by atoms with Crippen molar-refractivity contribution in [3.63, 3.8) is 0 Å². The van der Waals surface area contributed by atoms with E-state index in [4.69, 9.17) is 69.6 Å². The summed E-state index contributed by atoms with van der Waals surface area (Å²) in [5.41, 5.74) is 0.703. The molecule has 1 heterocycles. The Balaban J connectivity index is 2.87. The molecule has 0 aliphatic carbocycles. The number of nitrogens with zero attached hydrogens (tertiary/aromatic N) is 1. The minimum atomic E-state index is 0.0432. The molecule has 0 unspecified atom stereocenters. The summed E-state index contributed by atoms with van der Waals surface area (Å²) in [5, 5.41) is 0.460. The molecule has 0 aliphatic heterocycles. The fourth-order valence-electron chi connectivity index (χ4n) is 1.59. The van der Waals surface area contributed by atoms with Gasteiger partial charge in [-0.05, 0) is 12.1 Å². The molecular formula is C12H3Cl6NO. The fourth-order valence-corrected chi connectivity index (χ4v) is 3.09. The average molecular weight is 390 g/mol. The maximum Gasteiger partial charge on any atom is 0.169 e. The van der Waals surface area contributed by atoms with Gasteiger partial charge in [-0.2, -0.15) is 0 Å². The van der Waals surface area contributed by atoms with Gasteiger partial charge in [0.25, 0.3) is 0 Å².